The molecule has 1 aliphatic carbocycles. The third-order valence-electron chi connectivity index (χ3n) is 5.51. The van der Waals surface area contributed by atoms with E-state index in [9.17, 15) is 4.79 Å². The van der Waals surface area contributed by atoms with E-state index in [2.05, 4.69) is 16.0 Å². The highest BCUT2D eigenvalue weighted by Crippen LogP contribution is 2.31. The third-order valence-corrected chi connectivity index (χ3v) is 5.88. The Bertz CT molecular complexity index is 811. The summed E-state index contributed by atoms with van der Waals surface area (Å²) in [7, 11) is 0. The Morgan fingerprint density at radius 2 is 2.00 bits per heavy atom. The summed E-state index contributed by atoms with van der Waals surface area (Å²) in [6.45, 7) is 2.39. The fraction of sp³-hybridized carbons (Fsp3) is 0.500. The molecule has 0 spiro atoms. The van der Waals surface area contributed by atoms with Gasteiger partial charge in [0.25, 0.3) is 5.56 Å². The fourth-order valence-corrected chi connectivity index (χ4v) is 4.28. The summed E-state index contributed by atoms with van der Waals surface area (Å²) >= 11 is 6.30. The van der Waals surface area contributed by atoms with Crippen molar-refractivity contribution in [3.63, 3.8) is 0 Å². The van der Waals surface area contributed by atoms with E-state index in [1.54, 1.807) is 0 Å². The molecule has 2 aromatic rings. The van der Waals surface area contributed by atoms with Crippen molar-refractivity contribution in [3.8, 4) is 0 Å². The van der Waals surface area contributed by atoms with Crippen molar-refractivity contribution in [3.05, 3.63) is 62.3 Å². The van der Waals surface area contributed by atoms with E-state index in [0.717, 1.165) is 66.6 Å². The lowest BCUT2D eigenvalue weighted by Gasteiger charge is -2.29. The monoisotopic (exact) mass is 357 g/mol. The lowest BCUT2D eigenvalue weighted by Crippen LogP contribution is -2.35. The molecule has 5 heteroatoms. The third kappa shape index (κ3) is 3.65. The van der Waals surface area contributed by atoms with Gasteiger partial charge in [0.05, 0.1) is 5.69 Å². The first-order valence-corrected chi connectivity index (χ1v) is 9.66. The van der Waals surface area contributed by atoms with Gasteiger partial charge in [-0.1, -0.05) is 49.1 Å². The molecule has 132 valence electrons. The summed E-state index contributed by atoms with van der Waals surface area (Å²) in [6.07, 6.45) is 6.83. The van der Waals surface area contributed by atoms with Crippen molar-refractivity contribution in [2.75, 3.05) is 6.54 Å². The first kappa shape index (κ1) is 16.8. The van der Waals surface area contributed by atoms with Crippen LogP contribution in [0.1, 0.15) is 60.7 Å². The minimum Gasteiger partial charge on any atom is -0.310 e. The highest BCUT2D eigenvalue weighted by Gasteiger charge is 2.24. The number of H-pyrrole nitrogens is 1. The highest BCUT2D eigenvalue weighted by atomic mass is 35.5. The van der Waals surface area contributed by atoms with Crippen molar-refractivity contribution >= 4 is 11.6 Å². The van der Waals surface area contributed by atoms with Gasteiger partial charge < -0.3 is 4.98 Å². The second-order valence-electron chi connectivity index (χ2n) is 7.26. The van der Waals surface area contributed by atoms with Crippen molar-refractivity contribution in [1.29, 1.82) is 0 Å². The molecule has 0 saturated heterocycles. The number of halogens is 1. The Kier molecular flexibility index (Phi) is 4.91. The Morgan fingerprint density at radius 3 is 2.80 bits per heavy atom. The molecule has 2 aliphatic rings. The van der Waals surface area contributed by atoms with E-state index in [1.165, 1.54) is 19.3 Å². The number of aromatic nitrogens is 2. The molecule has 1 aromatic heterocycles. The second-order valence-corrected chi connectivity index (χ2v) is 7.67. The van der Waals surface area contributed by atoms with Gasteiger partial charge in [-0.25, -0.2) is 4.98 Å². The lowest BCUT2D eigenvalue weighted by molar-refractivity contribution is 0.239. The van der Waals surface area contributed by atoms with Crippen LogP contribution in [0.2, 0.25) is 5.02 Å². The summed E-state index contributed by atoms with van der Waals surface area (Å²) in [5, 5.41) is 0.801. The largest absolute Gasteiger partial charge is 0.310 e. The van der Waals surface area contributed by atoms with Gasteiger partial charge in [-0.3, -0.25) is 9.69 Å². The molecule has 25 heavy (non-hydrogen) atoms. The van der Waals surface area contributed by atoms with Crippen LogP contribution in [0.3, 0.4) is 0 Å². The molecule has 1 aliphatic heterocycles. The van der Waals surface area contributed by atoms with E-state index in [0.29, 0.717) is 5.92 Å². The van der Waals surface area contributed by atoms with Crippen LogP contribution >= 0.6 is 11.6 Å². The smallest absolute Gasteiger partial charge is 0.254 e. The minimum absolute atomic E-state index is 0.0722. The van der Waals surface area contributed by atoms with Gasteiger partial charge in [0.1, 0.15) is 5.82 Å². The molecule has 0 amide bonds. The standard InChI is InChI=1S/C20H24ClN3O/c21-17-9-5-4-8-15(17)12-24-11-10-16-18(13-24)22-19(23-20(16)25)14-6-2-1-3-7-14/h4-5,8-9,14H,1-3,6-7,10-13H2,(H,22,23,25). The van der Waals surface area contributed by atoms with Crippen LogP contribution in [0, 0.1) is 0 Å². The van der Waals surface area contributed by atoms with Crippen molar-refractivity contribution in [1.82, 2.24) is 14.9 Å². The SMILES string of the molecule is O=c1[nH]c(C2CCCCC2)nc2c1CCN(Cc1ccccc1Cl)C2. The van der Waals surface area contributed by atoms with Gasteiger partial charge in [0.2, 0.25) is 0 Å². The van der Waals surface area contributed by atoms with Gasteiger partial charge in [-0.2, -0.15) is 0 Å². The predicted molar refractivity (Wildman–Crippen MR) is 100.0 cm³/mol. The van der Waals surface area contributed by atoms with Gasteiger partial charge in [0.15, 0.2) is 0 Å². The molecule has 0 unspecified atom stereocenters. The van der Waals surface area contributed by atoms with Crippen LogP contribution in [-0.4, -0.2) is 21.4 Å². The van der Waals surface area contributed by atoms with Crippen LogP contribution in [0.25, 0.3) is 0 Å². The number of hydrogen-bond acceptors (Lipinski definition) is 3. The van der Waals surface area contributed by atoms with E-state index < -0.39 is 0 Å². The average molecular weight is 358 g/mol. The van der Waals surface area contributed by atoms with Gasteiger partial charge in [-0.05, 0) is 30.9 Å². The maximum atomic E-state index is 12.5. The fourth-order valence-electron chi connectivity index (χ4n) is 4.08. The zero-order chi connectivity index (χ0) is 17.2. The predicted octanol–water partition coefficient (Wildman–Crippen LogP) is 4.03. The van der Waals surface area contributed by atoms with E-state index >= 15 is 0 Å². The van der Waals surface area contributed by atoms with Gasteiger partial charge in [-0.15, -0.1) is 0 Å². The zero-order valence-corrected chi connectivity index (χ0v) is 15.2. The molecule has 4 rings (SSSR count). The Morgan fingerprint density at radius 1 is 1.20 bits per heavy atom. The summed E-state index contributed by atoms with van der Waals surface area (Å²) in [5.41, 5.74) is 3.03. The van der Waals surface area contributed by atoms with Crippen molar-refractivity contribution in [2.24, 2.45) is 0 Å². The number of fused-ring (bicyclic) bond motifs is 1. The van der Waals surface area contributed by atoms with Gasteiger partial charge in [0, 0.05) is 36.1 Å². The summed E-state index contributed by atoms with van der Waals surface area (Å²) in [4.78, 5) is 22.8. The summed E-state index contributed by atoms with van der Waals surface area (Å²) in [6, 6.07) is 7.97. The summed E-state index contributed by atoms with van der Waals surface area (Å²) in [5.74, 6) is 1.33. The Balaban J connectivity index is 1.56. The molecular weight excluding hydrogens is 334 g/mol. The molecule has 1 aromatic carbocycles. The lowest BCUT2D eigenvalue weighted by atomic mass is 9.88. The molecule has 0 atom stereocenters. The maximum absolute atomic E-state index is 12.5. The van der Waals surface area contributed by atoms with E-state index in [4.69, 9.17) is 16.6 Å². The maximum Gasteiger partial charge on any atom is 0.254 e. The number of hydrogen-bond donors (Lipinski definition) is 1. The molecule has 2 heterocycles. The molecule has 4 nitrogen and oxygen atoms in total. The first-order chi connectivity index (χ1) is 12.2. The molecule has 1 saturated carbocycles. The molecule has 0 bridgehead atoms. The molecule has 1 fully saturated rings. The van der Waals surface area contributed by atoms with Crippen LogP contribution in [0.5, 0.6) is 0 Å². The Labute approximate surface area is 153 Å². The quantitative estimate of drug-likeness (QED) is 0.902. The van der Waals surface area contributed by atoms with Gasteiger partial charge >= 0.3 is 0 Å². The number of rotatable bonds is 3. The zero-order valence-electron chi connectivity index (χ0n) is 14.4. The molecule has 1 N–H and O–H groups in total. The topological polar surface area (TPSA) is 49.0 Å². The minimum atomic E-state index is 0.0722. The first-order valence-electron chi connectivity index (χ1n) is 9.28. The Hall–Kier alpha value is -1.65. The second kappa shape index (κ2) is 7.30. The van der Waals surface area contributed by atoms with E-state index in [1.807, 2.05) is 18.2 Å². The average Bonchev–Trinajstić information content (AvgIpc) is 2.64. The number of aromatic amines is 1. The van der Waals surface area contributed by atoms with Crippen molar-refractivity contribution in [2.45, 2.75) is 57.5 Å². The molecular formula is C20H24ClN3O. The summed E-state index contributed by atoms with van der Waals surface area (Å²) < 4.78 is 0. The van der Waals surface area contributed by atoms with Crippen LogP contribution in [0.4, 0.5) is 0 Å². The normalized spacial score (nSPS) is 18.9. The van der Waals surface area contributed by atoms with Crippen LogP contribution in [-0.2, 0) is 19.5 Å². The number of benzene rings is 1. The van der Waals surface area contributed by atoms with Crippen molar-refractivity contribution < 1.29 is 0 Å². The number of nitrogens with one attached hydrogen (secondary N) is 1. The van der Waals surface area contributed by atoms with Crippen LogP contribution < -0.4 is 5.56 Å². The highest BCUT2D eigenvalue weighted by molar-refractivity contribution is 6.31. The molecule has 0 radical (unpaired) electrons. The van der Waals surface area contributed by atoms with E-state index in [-0.39, 0.29) is 5.56 Å². The number of nitrogens with zero attached hydrogens (tertiary/aromatic N) is 2. The van der Waals surface area contributed by atoms with Crippen LogP contribution in [0.15, 0.2) is 29.1 Å².